The van der Waals surface area contributed by atoms with E-state index < -0.39 is 5.91 Å². The van der Waals surface area contributed by atoms with Gasteiger partial charge in [-0.1, -0.05) is 18.6 Å². The molecule has 0 atom stereocenters. The van der Waals surface area contributed by atoms with Crippen molar-refractivity contribution >= 4 is 22.9 Å². The molecule has 2 aromatic carbocycles. The number of carbonyl (C=O) groups excluding carboxylic acids is 1. The Labute approximate surface area is 199 Å². The molecule has 178 valence electrons. The SMILES string of the molecule is C.Cc1ccc(C(N)=O)cc1-c1cc(-c2c(C)noc2C)cc2[nH]c(N3CCN(C)CC3)nc12. The van der Waals surface area contributed by atoms with E-state index in [9.17, 15) is 4.79 Å². The van der Waals surface area contributed by atoms with Gasteiger partial charge in [0.15, 0.2) is 0 Å². The van der Waals surface area contributed by atoms with Crippen molar-refractivity contribution in [1.82, 2.24) is 20.0 Å². The van der Waals surface area contributed by atoms with Crippen molar-refractivity contribution in [2.75, 3.05) is 38.1 Å². The van der Waals surface area contributed by atoms with E-state index in [1.807, 2.05) is 32.9 Å². The number of nitrogens with zero attached hydrogens (tertiary/aromatic N) is 4. The molecule has 8 heteroatoms. The van der Waals surface area contributed by atoms with Gasteiger partial charge in [0.2, 0.25) is 11.9 Å². The standard InChI is InChI=1S/C25H28N6O2.CH4/c1-14-5-6-17(24(26)32)11-19(14)20-12-18(22-15(2)29-33-16(22)3)13-21-23(20)28-25(27-21)31-9-7-30(4)8-10-31;/h5-6,11-13H,7-10H2,1-4H3,(H2,26,32)(H,27,28);1H4. The highest BCUT2D eigenvalue weighted by molar-refractivity contribution is 6.00. The first-order valence-corrected chi connectivity index (χ1v) is 11.1. The zero-order chi connectivity index (χ0) is 23.3. The number of carbonyl (C=O) groups is 1. The molecular weight excluding hydrogens is 428 g/mol. The quantitative estimate of drug-likeness (QED) is 0.471. The fourth-order valence-corrected chi connectivity index (χ4v) is 4.58. The monoisotopic (exact) mass is 460 g/mol. The maximum Gasteiger partial charge on any atom is 0.248 e. The van der Waals surface area contributed by atoms with Gasteiger partial charge in [-0.05, 0) is 68.8 Å². The first-order valence-electron chi connectivity index (χ1n) is 11.1. The number of benzene rings is 2. The molecular formula is C26H32N6O2. The minimum absolute atomic E-state index is 0. The van der Waals surface area contributed by atoms with Crippen LogP contribution in [0.4, 0.5) is 5.95 Å². The number of aromatic nitrogens is 3. The highest BCUT2D eigenvalue weighted by Crippen LogP contribution is 2.38. The minimum atomic E-state index is -0.450. The van der Waals surface area contributed by atoms with E-state index in [0.717, 1.165) is 82.4 Å². The number of anilines is 1. The smallest absolute Gasteiger partial charge is 0.248 e. The Kier molecular flexibility index (Phi) is 6.18. The van der Waals surface area contributed by atoms with Crippen LogP contribution in [-0.2, 0) is 0 Å². The first kappa shape index (κ1) is 23.5. The third-order valence-electron chi connectivity index (χ3n) is 6.51. The lowest BCUT2D eigenvalue weighted by molar-refractivity contribution is 0.100. The summed E-state index contributed by atoms with van der Waals surface area (Å²) in [6, 6.07) is 9.75. The highest BCUT2D eigenvalue weighted by atomic mass is 16.5. The molecule has 0 bridgehead atoms. The topological polar surface area (TPSA) is 104 Å². The predicted octanol–water partition coefficient (Wildman–Crippen LogP) is 4.30. The summed E-state index contributed by atoms with van der Waals surface area (Å²) in [7, 11) is 2.14. The molecule has 0 unspecified atom stereocenters. The Balaban J connectivity index is 0.00000274. The van der Waals surface area contributed by atoms with Crippen LogP contribution in [0.15, 0.2) is 34.9 Å². The van der Waals surface area contributed by atoms with Crippen molar-refractivity contribution < 1.29 is 9.32 Å². The predicted molar refractivity (Wildman–Crippen MR) is 136 cm³/mol. The lowest BCUT2D eigenvalue weighted by atomic mass is 9.93. The van der Waals surface area contributed by atoms with Crippen LogP contribution >= 0.6 is 0 Å². The zero-order valence-electron chi connectivity index (χ0n) is 19.4. The maximum absolute atomic E-state index is 11.9. The minimum Gasteiger partial charge on any atom is -0.366 e. The molecule has 1 aliphatic heterocycles. The average molecular weight is 461 g/mol. The van der Waals surface area contributed by atoms with Crippen molar-refractivity contribution in [3.05, 3.63) is 52.9 Å². The van der Waals surface area contributed by atoms with E-state index in [1.54, 1.807) is 6.07 Å². The van der Waals surface area contributed by atoms with Gasteiger partial charge in [-0.2, -0.15) is 0 Å². The molecule has 0 radical (unpaired) electrons. The molecule has 0 spiro atoms. The van der Waals surface area contributed by atoms with E-state index in [1.165, 1.54) is 0 Å². The van der Waals surface area contributed by atoms with Gasteiger partial charge in [0, 0.05) is 42.9 Å². The fourth-order valence-electron chi connectivity index (χ4n) is 4.58. The number of likely N-dealkylation sites (N-methyl/N-ethyl adjacent to an activating group) is 1. The summed E-state index contributed by atoms with van der Waals surface area (Å²) in [5.41, 5.74) is 13.6. The number of imidazole rings is 1. The number of amides is 1. The van der Waals surface area contributed by atoms with Gasteiger partial charge in [-0.15, -0.1) is 0 Å². The van der Waals surface area contributed by atoms with Crippen molar-refractivity contribution in [2.24, 2.45) is 5.73 Å². The van der Waals surface area contributed by atoms with Gasteiger partial charge in [-0.3, -0.25) is 4.79 Å². The number of piperazine rings is 1. The van der Waals surface area contributed by atoms with Crippen molar-refractivity contribution in [2.45, 2.75) is 28.2 Å². The van der Waals surface area contributed by atoms with Crippen molar-refractivity contribution in [3.8, 4) is 22.3 Å². The largest absolute Gasteiger partial charge is 0.366 e. The maximum atomic E-state index is 11.9. The summed E-state index contributed by atoms with van der Waals surface area (Å²) in [5, 5.41) is 4.14. The van der Waals surface area contributed by atoms with Crippen molar-refractivity contribution in [3.63, 3.8) is 0 Å². The van der Waals surface area contributed by atoms with Crippen LogP contribution in [0.25, 0.3) is 33.3 Å². The number of nitrogens with one attached hydrogen (secondary N) is 1. The molecule has 3 heterocycles. The number of H-pyrrole nitrogens is 1. The fraction of sp³-hybridized carbons (Fsp3) is 0.346. The van der Waals surface area contributed by atoms with Gasteiger partial charge in [-0.25, -0.2) is 4.98 Å². The lowest BCUT2D eigenvalue weighted by Gasteiger charge is -2.32. The molecule has 8 nitrogen and oxygen atoms in total. The number of nitrogens with two attached hydrogens (primary N) is 1. The average Bonchev–Trinajstić information content (AvgIpc) is 3.36. The van der Waals surface area contributed by atoms with Gasteiger partial charge in [0.05, 0.1) is 16.7 Å². The number of aromatic amines is 1. The second-order valence-electron chi connectivity index (χ2n) is 8.86. The number of hydrogen-bond donors (Lipinski definition) is 2. The number of aryl methyl sites for hydroxylation is 3. The second-order valence-corrected chi connectivity index (χ2v) is 8.86. The lowest BCUT2D eigenvalue weighted by Crippen LogP contribution is -2.44. The Hall–Kier alpha value is -3.65. The van der Waals surface area contributed by atoms with Gasteiger partial charge >= 0.3 is 0 Å². The van der Waals surface area contributed by atoms with Crippen LogP contribution in [0, 0.1) is 20.8 Å². The summed E-state index contributed by atoms with van der Waals surface area (Å²) in [6.07, 6.45) is 0. The van der Waals surface area contributed by atoms with Gasteiger partial charge < -0.3 is 25.0 Å². The summed E-state index contributed by atoms with van der Waals surface area (Å²) >= 11 is 0. The number of hydrogen-bond acceptors (Lipinski definition) is 6. The molecule has 2 aromatic heterocycles. The van der Waals surface area contributed by atoms with E-state index in [-0.39, 0.29) is 7.43 Å². The Morgan fingerprint density at radius 2 is 1.79 bits per heavy atom. The number of rotatable bonds is 4. The zero-order valence-corrected chi connectivity index (χ0v) is 19.4. The third kappa shape index (κ3) is 4.05. The van der Waals surface area contributed by atoms with Crippen LogP contribution in [0.3, 0.4) is 0 Å². The van der Waals surface area contributed by atoms with Gasteiger partial charge in [0.25, 0.3) is 0 Å². The summed E-state index contributed by atoms with van der Waals surface area (Å²) in [4.78, 5) is 25.1. The van der Waals surface area contributed by atoms with Crippen LogP contribution in [0.5, 0.6) is 0 Å². The third-order valence-corrected chi connectivity index (χ3v) is 6.51. The van der Waals surface area contributed by atoms with E-state index in [4.69, 9.17) is 15.2 Å². The molecule has 34 heavy (non-hydrogen) atoms. The highest BCUT2D eigenvalue weighted by Gasteiger charge is 2.22. The molecule has 3 N–H and O–H groups in total. The molecule has 1 saturated heterocycles. The number of primary amides is 1. The second kappa shape index (κ2) is 8.95. The van der Waals surface area contributed by atoms with Crippen LogP contribution in [0.1, 0.15) is 34.8 Å². The molecule has 0 saturated carbocycles. The molecule has 5 rings (SSSR count). The Morgan fingerprint density at radius 3 is 2.44 bits per heavy atom. The normalized spacial score (nSPS) is 14.4. The van der Waals surface area contributed by atoms with Gasteiger partial charge in [0.1, 0.15) is 5.76 Å². The number of fused-ring (bicyclic) bond motifs is 1. The Morgan fingerprint density at radius 1 is 1.06 bits per heavy atom. The van der Waals surface area contributed by atoms with Crippen LogP contribution in [0.2, 0.25) is 0 Å². The first-order chi connectivity index (χ1) is 15.8. The van der Waals surface area contributed by atoms with Crippen LogP contribution in [-0.4, -0.2) is 59.2 Å². The van der Waals surface area contributed by atoms with E-state index in [2.05, 4.69) is 39.1 Å². The molecule has 1 fully saturated rings. The molecule has 1 aliphatic rings. The van der Waals surface area contributed by atoms with E-state index >= 15 is 0 Å². The Bertz CT molecular complexity index is 1340. The van der Waals surface area contributed by atoms with E-state index in [0.29, 0.717) is 5.56 Å². The summed E-state index contributed by atoms with van der Waals surface area (Å²) in [6.45, 7) is 9.71. The van der Waals surface area contributed by atoms with Crippen LogP contribution < -0.4 is 10.6 Å². The molecule has 0 aliphatic carbocycles. The molecule has 4 aromatic rings. The summed E-state index contributed by atoms with van der Waals surface area (Å²) < 4.78 is 5.44. The van der Waals surface area contributed by atoms with Crippen molar-refractivity contribution in [1.29, 1.82) is 0 Å². The summed E-state index contributed by atoms with van der Waals surface area (Å²) in [5.74, 6) is 1.17. The molecule has 1 amide bonds.